The summed E-state index contributed by atoms with van der Waals surface area (Å²) in [6, 6.07) is 32.9. The van der Waals surface area contributed by atoms with Crippen LogP contribution in [-0.4, -0.2) is 15.8 Å². The fourth-order valence-corrected chi connectivity index (χ4v) is 3.85. The molecule has 0 unspecified atom stereocenters. The first-order chi connectivity index (χ1) is 16.6. The smallest absolute Gasteiger partial charge is 0.269 e. The number of amides is 1. The van der Waals surface area contributed by atoms with Gasteiger partial charge in [-0.25, -0.2) is 4.98 Å². The number of carbonyl (C=O) groups is 1. The topological polar surface area (TPSA) is 85.1 Å². The first kappa shape index (κ1) is 21.0. The third kappa shape index (κ3) is 4.25. The summed E-state index contributed by atoms with van der Waals surface area (Å²) in [7, 11) is 0. The van der Waals surface area contributed by atoms with Crippen LogP contribution >= 0.6 is 0 Å². The third-order valence-corrected chi connectivity index (χ3v) is 5.56. The van der Waals surface area contributed by atoms with E-state index in [1.165, 1.54) is 12.1 Å². The summed E-state index contributed by atoms with van der Waals surface area (Å²) in [5.41, 5.74) is 5.39. The fourth-order valence-electron chi connectivity index (χ4n) is 3.85. The molecule has 1 amide bonds. The van der Waals surface area contributed by atoms with Gasteiger partial charge in [0.05, 0.1) is 16.1 Å². The monoisotopic (exact) mass is 445 g/mol. The Bertz CT molecular complexity index is 1500. The second kappa shape index (κ2) is 8.96. The van der Waals surface area contributed by atoms with Crippen LogP contribution < -0.4 is 5.32 Å². The lowest BCUT2D eigenvalue weighted by atomic mass is 9.97. The molecule has 5 rings (SSSR count). The van der Waals surface area contributed by atoms with Gasteiger partial charge >= 0.3 is 0 Å². The van der Waals surface area contributed by atoms with Crippen LogP contribution in [0.5, 0.6) is 0 Å². The Hall–Kier alpha value is -4.84. The van der Waals surface area contributed by atoms with Crippen molar-refractivity contribution in [2.24, 2.45) is 0 Å². The number of nitrogens with one attached hydrogen (secondary N) is 1. The average molecular weight is 445 g/mol. The maximum Gasteiger partial charge on any atom is 0.269 e. The molecule has 34 heavy (non-hydrogen) atoms. The SMILES string of the molecule is O=C(Nc1ccccc1)c1ccc2nc(-c3ccc([N+](=O)[O-])cc3)cc(-c3ccccc3)c2c1. The molecule has 0 aliphatic carbocycles. The van der Waals surface area contributed by atoms with Gasteiger partial charge in [0.2, 0.25) is 0 Å². The Morgan fingerprint density at radius 3 is 2.12 bits per heavy atom. The molecule has 6 heteroatoms. The van der Waals surface area contributed by atoms with Crippen LogP contribution in [0, 0.1) is 10.1 Å². The number of nitro groups is 1. The summed E-state index contributed by atoms with van der Waals surface area (Å²) in [5.74, 6) is -0.202. The van der Waals surface area contributed by atoms with Gasteiger partial charge in [0.15, 0.2) is 0 Å². The maximum absolute atomic E-state index is 12.9. The minimum absolute atomic E-state index is 0.0295. The van der Waals surface area contributed by atoms with Gasteiger partial charge < -0.3 is 5.32 Å². The fraction of sp³-hybridized carbons (Fsp3) is 0. The van der Waals surface area contributed by atoms with Crippen molar-refractivity contribution < 1.29 is 9.72 Å². The van der Waals surface area contributed by atoms with Crippen molar-refractivity contribution in [3.8, 4) is 22.4 Å². The zero-order chi connectivity index (χ0) is 23.5. The lowest BCUT2D eigenvalue weighted by Crippen LogP contribution is -2.11. The van der Waals surface area contributed by atoms with Crippen LogP contribution in [0.25, 0.3) is 33.3 Å². The molecule has 0 saturated carbocycles. The van der Waals surface area contributed by atoms with E-state index in [-0.39, 0.29) is 11.6 Å². The van der Waals surface area contributed by atoms with Crippen LogP contribution in [0.1, 0.15) is 10.4 Å². The van der Waals surface area contributed by atoms with Crippen LogP contribution in [0.2, 0.25) is 0 Å². The number of pyridine rings is 1. The van der Waals surface area contributed by atoms with E-state index >= 15 is 0 Å². The molecule has 164 valence electrons. The average Bonchev–Trinajstić information content (AvgIpc) is 2.89. The predicted molar refractivity (Wildman–Crippen MR) is 134 cm³/mol. The van der Waals surface area contributed by atoms with Gasteiger partial charge in [0.25, 0.3) is 11.6 Å². The molecule has 0 spiro atoms. The molecule has 1 aromatic heterocycles. The second-order valence-electron chi connectivity index (χ2n) is 7.78. The summed E-state index contributed by atoms with van der Waals surface area (Å²) in [5, 5.41) is 14.8. The molecule has 1 heterocycles. The number of fused-ring (bicyclic) bond motifs is 1. The first-order valence-corrected chi connectivity index (χ1v) is 10.7. The molecule has 0 bridgehead atoms. The van der Waals surface area contributed by atoms with Crippen molar-refractivity contribution >= 4 is 28.2 Å². The maximum atomic E-state index is 12.9. The third-order valence-electron chi connectivity index (χ3n) is 5.56. The number of non-ortho nitro benzene ring substituents is 1. The van der Waals surface area contributed by atoms with E-state index < -0.39 is 4.92 Å². The molecule has 0 radical (unpaired) electrons. The normalized spacial score (nSPS) is 10.7. The molecule has 4 aromatic carbocycles. The van der Waals surface area contributed by atoms with Gasteiger partial charge in [-0.2, -0.15) is 0 Å². The Kier molecular flexibility index (Phi) is 5.54. The summed E-state index contributed by atoms with van der Waals surface area (Å²) >= 11 is 0. The number of carbonyl (C=O) groups excluding carboxylic acids is 1. The highest BCUT2D eigenvalue weighted by Gasteiger charge is 2.14. The Morgan fingerprint density at radius 2 is 1.44 bits per heavy atom. The van der Waals surface area contributed by atoms with Crippen molar-refractivity contribution in [3.05, 3.63) is 125 Å². The summed E-state index contributed by atoms with van der Waals surface area (Å²) < 4.78 is 0. The molecule has 1 N–H and O–H groups in total. The number of nitro benzene ring substituents is 1. The van der Waals surface area contributed by atoms with E-state index in [0.717, 1.165) is 33.3 Å². The van der Waals surface area contributed by atoms with Crippen LogP contribution in [-0.2, 0) is 0 Å². The van der Waals surface area contributed by atoms with Crippen molar-refractivity contribution in [1.82, 2.24) is 4.98 Å². The lowest BCUT2D eigenvalue weighted by molar-refractivity contribution is -0.384. The van der Waals surface area contributed by atoms with Crippen LogP contribution in [0.15, 0.2) is 109 Å². The van der Waals surface area contributed by atoms with Gasteiger partial charge in [-0.15, -0.1) is 0 Å². The van der Waals surface area contributed by atoms with Gasteiger partial charge in [-0.05, 0) is 59.7 Å². The van der Waals surface area contributed by atoms with Gasteiger partial charge in [-0.1, -0.05) is 48.5 Å². The van der Waals surface area contributed by atoms with E-state index in [0.29, 0.717) is 11.3 Å². The summed E-state index contributed by atoms with van der Waals surface area (Å²) in [6.45, 7) is 0. The molecule has 0 fully saturated rings. The number of hydrogen-bond acceptors (Lipinski definition) is 4. The highest BCUT2D eigenvalue weighted by atomic mass is 16.6. The van der Waals surface area contributed by atoms with Gasteiger partial charge in [-0.3, -0.25) is 14.9 Å². The van der Waals surface area contributed by atoms with E-state index in [9.17, 15) is 14.9 Å². The molecule has 0 atom stereocenters. The molecule has 0 aliphatic rings. The van der Waals surface area contributed by atoms with Crippen molar-refractivity contribution in [3.63, 3.8) is 0 Å². The molecule has 0 saturated heterocycles. The van der Waals surface area contributed by atoms with Crippen LogP contribution in [0.3, 0.4) is 0 Å². The number of hydrogen-bond donors (Lipinski definition) is 1. The van der Waals surface area contributed by atoms with E-state index in [2.05, 4.69) is 5.32 Å². The minimum Gasteiger partial charge on any atom is -0.322 e. The highest BCUT2D eigenvalue weighted by Crippen LogP contribution is 2.33. The lowest BCUT2D eigenvalue weighted by Gasteiger charge is -2.12. The van der Waals surface area contributed by atoms with Crippen molar-refractivity contribution in [2.45, 2.75) is 0 Å². The Morgan fingerprint density at radius 1 is 0.765 bits per heavy atom. The number of benzene rings is 4. The predicted octanol–water partition coefficient (Wildman–Crippen LogP) is 6.73. The van der Waals surface area contributed by atoms with Gasteiger partial charge in [0.1, 0.15) is 0 Å². The number of rotatable bonds is 5. The van der Waals surface area contributed by atoms with Gasteiger partial charge in [0, 0.05) is 34.3 Å². The summed E-state index contributed by atoms with van der Waals surface area (Å²) in [6.07, 6.45) is 0. The van der Waals surface area contributed by atoms with Crippen LogP contribution in [0.4, 0.5) is 11.4 Å². The molecule has 5 aromatic rings. The zero-order valence-corrected chi connectivity index (χ0v) is 18.0. The first-order valence-electron chi connectivity index (χ1n) is 10.7. The molecular formula is C28H19N3O3. The number of aromatic nitrogens is 1. The quantitative estimate of drug-likeness (QED) is 0.240. The standard InChI is InChI=1S/C28H19N3O3/c32-28(29-22-9-5-2-6-10-22)21-13-16-26-25(17-21)24(19-7-3-1-4-8-19)18-27(30-26)20-11-14-23(15-12-20)31(33)34/h1-18H,(H,29,32). The van der Waals surface area contributed by atoms with E-state index in [4.69, 9.17) is 4.98 Å². The Labute approximate surface area is 195 Å². The Balaban J connectivity index is 1.61. The highest BCUT2D eigenvalue weighted by molar-refractivity contribution is 6.08. The largest absolute Gasteiger partial charge is 0.322 e. The molecule has 6 nitrogen and oxygen atoms in total. The molecule has 0 aliphatic heterocycles. The van der Waals surface area contributed by atoms with Crippen molar-refractivity contribution in [2.75, 3.05) is 5.32 Å². The number of nitrogens with zero attached hydrogens (tertiary/aromatic N) is 2. The van der Waals surface area contributed by atoms with Crippen molar-refractivity contribution in [1.29, 1.82) is 0 Å². The number of anilines is 1. The van der Waals surface area contributed by atoms with E-state index in [1.54, 1.807) is 18.2 Å². The second-order valence-corrected chi connectivity index (χ2v) is 7.78. The summed E-state index contributed by atoms with van der Waals surface area (Å²) in [4.78, 5) is 28.3. The zero-order valence-electron chi connectivity index (χ0n) is 18.0. The minimum atomic E-state index is -0.422. The number of para-hydroxylation sites is 1. The molecular weight excluding hydrogens is 426 g/mol. The van der Waals surface area contributed by atoms with E-state index in [1.807, 2.05) is 78.9 Å².